The van der Waals surface area contributed by atoms with E-state index in [1.165, 1.54) is 0 Å². The van der Waals surface area contributed by atoms with Gasteiger partial charge in [0, 0.05) is 22.3 Å². The first-order valence-corrected chi connectivity index (χ1v) is 10.2. The van der Waals surface area contributed by atoms with Gasteiger partial charge in [-0.25, -0.2) is 0 Å². The number of benzene rings is 4. The highest BCUT2D eigenvalue weighted by molar-refractivity contribution is 6.14. The molecule has 0 saturated carbocycles. The molecule has 0 bridgehead atoms. The Bertz CT molecular complexity index is 1260. The van der Waals surface area contributed by atoms with Gasteiger partial charge in [-0.2, -0.15) is 0 Å². The zero-order valence-corrected chi connectivity index (χ0v) is 16.9. The first kappa shape index (κ1) is 17.2. The molecule has 2 heteroatoms. The predicted octanol–water partition coefficient (Wildman–Crippen LogP) is 6.34. The van der Waals surface area contributed by atoms with Crippen LogP contribution in [-0.4, -0.2) is 5.78 Å². The minimum absolute atomic E-state index is 0.0839. The average molecular weight is 388 g/mol. The number of fused-ring (bicyclic) bond motifs is 8. The molecular weight excluding hydrogens is 368 g/mol. The Morgan fingerprint density at radius 3 is 1.57 bits per heavy atom. The predicted molar refractivity (Wildman–Crippen MR) is 118 cm³/mol. The summed E-state index contributed by atoms with van der Waals surface area (Å²) in [5, 5.41) is 0. The van der Waals surface area contributed by atoms with Crippen molar-refractivity contribution in [1.29, 1.82) is 0 Å². The van der Waals surface area contributed by atoms with Crippen molar-refractivity contribution in [3.05, 3.63) is 129 Å². The molecule has 2 aliphatic rings. The van der Waals surface area contributed by atoms with Crippen molar-refractivity contribution >= 4 is 5.78 Å². The van der Waals surface area contributed by atoms with E-state index in [-0.39, 0.29) is 5.78 Å². The summed E-state index contributed by atoms with van der Waals surface area (Å²) in [6.07, 6.45) is 0. The van der Waals surface area contributed by atoms with E-state index < -0.39 is 5.41 Å². The van der Waals surface area contributed by atoms with E-state index in [1.54, 1.807) is 0 Å². The molecule has 30 heavy (non-hydrogen) atoms. The molecular formula is C28H20O2. The summed E-state index contributed by atoms with van der Waals surface area (Å²) in [6, 6.07) is 28.8. The topological polar surface area (TPSA) is 26.3 Å². The standard InChI is InChI=1S/C28H20O2/c1-17-11-13-23-25(15-17)30-26-16-18(2)12-14-24(26)28(23)21-9-5-3-7-19(21)27(29)20-8-4-6-10-22(20)28/h3-16H,1-2H3. The Morgan fingerprint density at radius 2 is 1.07 bits per heavy atom. The van der Waals surface area contributed by atoms with Gasteiger partial charge in [-0.3, -0.25) is 4.79 Å². The lowest BCUT2D eigenvalue weighted by Gasteiger charge is -2.45. The van der Waals surface area contributed by atoms with Crippen LogP contribution in [-0.2, 0) is 5.41 Å². The largest absolute Gasteiger partial charge is 0.457 e. The number of rotatable bonds is 0. The van der Waals surface area contributed by atoms with Gasteiger partial charge in [-0.15, -0.1) is 0 Å². The number of carbonyl (C=O) groups excluding carboxylic acids is 1. The third-order valence-electron chi connectivity index (χ3n) is 6.45. The molecule has 0 fully saturated rings. The Hall–Kier alpha value is -3.65. The van der Waals surface area contributed by atoms with Crippen molar-refractivity contribution in [2.45, 2.75) is 19.3 Å². The second-order valence-electron chi connectivity index (χ2n) is 8.27. The average Bonchev–Trinajstić information content (AvgIpc) is 2.76. The molecule has 0 radical (unpaired) electrons. The van der Waals surface area contributed by atoms with Crippen LogP contribution in [0.1, 0.15) is 49.3 Å². The van der Waals surface area contributed by atoms with E-state index in [2.05, 4.69) is 62.4 Å². The molecule has 4 aromatic carbocycles. The zero-order valence-electron chi connectivity index (χ0n) is 16.9. The fraction of sp³-hybridized carbons (Fsp3) is 0.107. The molecule has 2 nitrogen and oxygen atoms in total. The second kappa shape index (κ2) is 5.93. The minimum atomic E-state index is -0.592. The maximum absolute atomic E-state index is 13.4. The van der Waals surface area contributed by atoms with Crippen LogP contribution in [0.3, 0.4) is 0 Å². The van der Waals surface area contributed by atoms with E-state index in [0.29, 0.717) is 0 Å². The van der Waals surface area contributed by atoms with Gasteiger partial charge in [0.25, 0.3) is 0 Å². The van der Waals surface area contributed by atoms with Gasteiger partial charge in [0.2, 0.25) is 0 Å². The molecule has 1 aliphatic heterocycles. The van der Waals surface area contributed by atoms with Crippen LogP contribution in [0.2, 0.25) is 0 Å². The Kier molecular flexibility index (Phi) is 3.41. The van der Waals surface area contributed by atoms with Gasteiger partial charge in [0.15, 0.2) is 5.78 Å². The molecule has 0 N–H and O–H groups in total. The number of aryl methyl sites for hydroxylation is 2. The van der Waals surface area contributed by atoms with Gasteiger partial charge < -0.3 is 4.74 Å². The van der Waals surface area contributed by atoms with Crippen LogP contribution >= 0.6 is 0 Å². The Labute approximate surface area is 175 Å². The van der Waals surface area contributed by atoms with Gasteiger partial charge >= 0.3 is 0 Å². The highest BCUT2D eigenvalue weighted by atomic mass is 16.5. The molecule has 6 rings (SSSR count). The van der Waals surface area contributed by atoms with E-state index in [1.807, 2.05) is 36.4 Å². The summed E-state index contributed by atoms with van der Waals surface area (Å²) >= 11 is 0. The van der Waals surface area contributed by atoms with Crippen molar-refractivity contribution < 1.29 is 9.53 Å². The first-order valence-electron chi connectivity index (χ1n) is 10.2. The Balaban J connectivity index is 1.86. The highest BCUT2D eigenvalue weighted by Crippen LogP contribution is 2.58. The van der Waals surface area contributed by atoms with E-state index in [9.17, 15) is 4.79 Å². The molecule has 1 aliphatic carbocycles. The summed E-state index contributed by atoms with van der Waals surface area (Å²) in [6.45, 7) is 4.16. The van der Waals surface area contributed by atoms with Crippen molar-refractivity contribution in [1.82, 2.24) is 0 Å². The first-order chi connectivity index (χ1) is 14.6. The molecule has 1 heterocycles. The smallest absolute Gasteiger partial charge is 0.193 e. The molecule has 0 unspecified atom stereocenters. The fourth-order valence-corrected chi connectivity index (χ4v) is 5.20. The summed E-state index contributed by atoms with van der Waals surface area (Å²) < 4.78 is 6.44. The maximum Gasteiger partial charge on any atom is 0.193 e. The van der Waals surface area contributed by atoms with Crippen LogP contribution < -0.4 is 4.74 Å². The maximum atomic E-state index is 13.4. The van der Waals surface area contributed by atoms with Crippen LogP contribution in [0.5, 0.6) is 11.5 Å². The van der Waals surface area contributed by atoms with Crippen molar-refractivity contribution in [2.24, 2.45) is 0 Å². The molecule has 4 aromatic rings. The molecule has 0 aromatic heterocycles. The third-order valence-corrected chi connectivity index (χ3v) is 6.45. The van der Waals surface area contributed by atoms with Crippen LogP contribution in [0.4, 0.5) is 0 Å². The van der Waals surface area contributed by atoms with Gasteiger partial charge in [0.1, 0.15) is 11.5 Å². The monoisotopic (exact) mass is 388 g/mol. The van der Waals surface area contributed by atoms with Gasteiger partial charge in [-0.1, -0.05) is 72.8 Å². The fourth-order valence-electron chi connectivity index (χ4n) is 5.20. The third kappa shape index (κ3) is 2.06. The molecule has 1 spiro atoms. The quantitative estimate of drug-likeness (QED) is 0.304. The SMILES string of the molecule is Cc1ccc2c(c1)Oc1cc(C)ccc1C21c2ccccc2C(=O)c2ccccc21. The number of hydrogen-bond donors (Lipinski definition) is 0. The van der Waals surface area contributed by atoms with Crippen molar-refractivity contribution in [3.8, 4) is 11.5 Å². The molecule has 0 saturated heterocycles. The number of hydrogen-bond acceptors (Lipinski definition) is 2. The normalized spacial score (nSPS) is 14.9. The van der Waals surface area contributed by atoms with E-state index in [4.69, 9.17) is 4.74 Å². The van der Waals surface area contributed by atoms with Crippen LogP contribution in [0.25, 0.3) is 0 Å². The summed E-state index contributed by atoms with van der Waals surface area (Å²) in [5.74, 6) is 1.79. The number of ether oxygens (including phenoxy) is 1. The molecule has 144 valence electrons. The van der Waals surface area contributed by atoms with E-state index >= 15 is 0 Å². The molecule has 0 atom stereocenters. The second-order valence-corrected chi connectivity index (χ2v) is 8.27. The summed E-state index contributed by atoms with van der Waals surface area (Å²) in [4.78, 5) is 13.4. The zero-order chi connectivity index (χ0) is 20.5. The lowest BCUT2D eigenvalue weighted by atomic mass is 9.58. The van der Waals surface area contributed by atoms with Crippen molar-refractivity contribution in [3.63, 3.8) is 0 Å². The van der Waals surface area contributed by atoms with Crippen molar-refractivity contribution in [2.75, 3.05) is 0 Å². The summed E-state index contributed by atoms with van der Waals surface area (Å²) in [5.41, 5.74) is 7.42. The number of ketones is 1. The van der Waals surface area contributed by atoms with Crippen LogP contribution in [0.15, 0.2) is 84.9 Å². The minimum Gasteiger partial charge on any atom is -0.457 e. The molecule has 0 amide bonds. The van der Waals surface area contributed by atoms with Gasteiger partial charge in [-0.05, 0) is 48.2 Å². The Morgan fingerprint density at radius 1 is 0.600 bits per heavy atom. The lowest BCUT2D eigenvalue weighted by Crippen LogP contribution is -2.40. The lowest BCUT2D eigenvalue weighted by molar-refractivity contribution is 0.103. The van der Waals surface area contributed by atoms with Gasteiger partial charge in [0.05, 0.1) is 5.41 Å². The van der Waals surface area contributed by atoms with E-state index in [0.717, 1.165) is 56.0 Å². The summed E-state index contributed by atoms with van der Waals surface area (Å²) in [7, 11) is 0. The highest BCUT2D eigenvalue weighted by Gasteiger charge is 2.50. The van der Waals surface area contributed by atoms with Crippen LogP contribution in [0, 0.1) is 13.8 Å². The number of carbonyl (C=O) groups is 1.